The first-order valence-corrected chi connectivity index (χ1v) is 15.0. The number of fused-ring (bicyclic) bond motifs is 3. The number of amides is 2. The van der Waals surface area contributed by atoms with Crippen LogP contribution in [0.2, 0.25) is 18.1 Å². The highest BCUT2D eigenvalue weighted by Gasteiger charge is 2.58. The van der Waals surface area contributed by atoms with E-state index in [1.54, 1.807) is 20.8 Å². The molecule has 1 fully saturated rings. The second-order valence-corrected chi connectivity index (χ2v) is 16.8. The summed E-state index contributed by atoms with van der Waals surface area (Å²) in [7, 11) is -1.80. The summed E-state index contributed by atoms with van der Waals surface area (Å²) in [5, 5.41) is 0.160. The van der Waals surface area contributed by atoms with Gasteiger partial charge in [0, 0.05) is 12.5 Å². The van der Waals surface area contributed by atoms with Gasteiger partial charge in [0.05, 0.1) is 5.69 Å². The molecule has 1 heterocycles. The lowest BCUT2D eigenvalue weighted by molar-refractivity contribution is -0.131. The maximum Gasteiger partial charge on any atom is 0.421 e. The van der Waals surface area contributed by atoms with Gasteiger partial charge in [-0.05, 0) is 88.2 Å². The van der Waals surface area contributed by atoms with Crippen molar-refractivity contribution in [3.8, 4) is 0 Å². The van der Waals surface area contributed by atoms with Crippen molar-refractivity contribution in [2.45, 2.75) is 109 Å². The van der Waals surface area contributed by atoms with Crippen molar-refractivity contribution in [1.82, 2.24) is 0 Å². The largest absolute Gasteiger partial charge is 0.443 e. The number of halogens is 1. The molecule has 0 spiro atoms. The van der Waals surface area contributed by atoms with Crippen molar-refractivity contribution in [2.24, 2.45) is 0 Å². The lowest BCUT2D eigenvalue weighted by Gasteiger charge is -2.39. The molecule has 184 valence electrons. The molecule has 0 N–H and O–H groups in total. The van der Waals surface area contributed by atoms with Gasteiger partial charge in [0.25, 0.3) is 5.91 Å². The van der Waals surface area contributed by atoms with Crippen LogP contribution in [0.3, 0.4) is 0 Å². The minimum Gasteiger partial charge on any atom is -0.443 e. The fourth-order valence-electron chi connectivity index (χ4n) is 4.46. The molecule has 0 radical (unpaired) electrons. The Hall–Kier alpha value is -1.73. The third-order valence-corrected chi connectivity index (χ3v) is 11.8. The second kappa shape index (κ2) is 8.80. The zero-order chi connectivity index (χ0) is 24.8. The Labute approximate surface area is 199 Å². The molecule has 1 aromatic rings. The van der Waals surface area contributed by atoms with Crippen LogP contribution in [0.15, 0.2) is 18.2 Å². The number of hydrogen-bond acceptors (Lipinski definition) is 4. The number of imide groups is 1. The highest BCUT2D eigenvalue weighted by atomic mass is 28.4. The van der Waals surface area contributed by atoms with Gasteiger partial charge in [-0.15, -0.1) is 0 Å². The lowest BCUT2D eigenvalue weighted by atomic mass is 9.80. The quantitative estimate of drug-likeness (QED) is 0.342. The van der Waals surface area contributed by atoms with E-state index in [9.17, 15) is 9.59 Å². The predicted molar refractivity (Wildman–Crippen MR) is 132 cm³/mol. The summed E-state index contributed by atoms with van der Waals surface area (Å²) in [6.07, 6.45) is 2.15. The van der Waals surface area contributed by atoms with E-state index in [0.717, 1.165) is 28.9 Å². The van der Waals surface area contributed by atoms with E-state index in [0.29, 0.717) is 25.1 Å². The summed E-state index contributed by atoms with van der Waals surface area (Å²) in [5.41, 5.74) is -0.633. The van der Waals surface area contributed by atoms with Gasteiger partial charge in [0.2, 0.25) is 0 Å². The average molecular weight is 478 g/mol. The number of hydrogen-bond donors (Lipinski definition) is 0. The maximum absolute atomic E-state index is 15.8. The van der Waals surface area contributed by atoms with Crippen LogP contribution in [0.25, 0.3) is 0 Å². The van der Waals surface area contributed by atoms with Gasteiger partial charge in [-0.1, -0.05) is 32.9 Å². The highest BCUT2D eigenvalue weighted by molar-refractivity contribution is 6.74. The summed E-state index contributed by atoms with van der Waals surface area (Å²) < 4.78 is 27.6. The summed E-state index contributed by atoms with van der Waals surface area (Å²) >= 11 is 0. The Morgan fingerprint density at radius 1 is 1.21 bits per heavy atom. The molecule has 5 nitrogen and oxygen atoms in total. The van der Waals surface area contributed by atoms with E-state index < -0.39 is 37.5 Å². The number of alkyl halides is 1. The smallest absolute Gasteiger partial charge is 0.421 e. The van der Waals surface area contributed by atoms with Gasteiger partial charge in [-0.3, -0.25) is 4.79 Å². The van der Waals surface area contributed by atoms with Crippen LogP contribution in [0.5, 0.6) is 0 Å². The third-order valence-electron chi connectivity index (χ3n) is 7.31. The average Bonchev–Trinajstić information content (AvgIpc) is 3.06. The number of carbonyl (C=O) groups excluding carboxylic acids is 2. The minimum atomic E-state index is -2.04. The van der Waals surface area contributed by atoms with E-state index in [1.165, 1.54) is 0 Å². The molecule has 2 amide bonds. The van der Waals surface area contributed by atoms with E-state index in [2.05, 4.69) is 33.9 Å². The van der Waals surface area contributed by atoms with E-state index in [-0.39, 0.29) is 11.5 Å². The molecule has 2 atom stereocenters. The van der Waals surface area contributed by atoms with Gasteiger partial charge in [0.1, 0.15) is 5.60 Å². The van der Waals surface area contributed by atoms with E-state index in [4.69, 9.17) is 9.16 Å². The summed E-state index contributed by atoms with van der Waals surface area (Å²) in [6.45, 7) is 17.0. The Bertz CT molecular complexity index is 918. The Morgan fingerprint density at radius 3 is 2.48 bits per heavy atom. The summed E-state index contributed by atoms with van der Waals surface area (Å²) in [4.78, 5) is 27.2. The first-order chi connectivity index (χ1) is 15.1. The van der Waals surface area contributed by atoms with E-state index >= 15 is 4.39 Å². The van der Waals surface area contributed by atoms with Crippen molar-refractivity contribution in [3.05, 3.63) is 29.3 Å². The number of nitrogens with zero attached hydrogens (tertiary/aromatic N) is 1. The molecule has 2 unspecified atom stereocenters. The van der Waals surface area contributed by atoms with Crippen molar-refractivity contribution in [3.63, 3.8) is 0 Å². The molecule has 1 saturated carbocycles. The normalized spacial score (nSPS) is 23.4. The molecule has 2 aliphatic rings. The van der Waals surface area contributed by atoms with E-state index in [1.807, 2.05) is 18.2 Å². The monoisotopic (exact) mass is 477 g/mol. The van der Waals surface area contributed by atoms with Crippen LogP contribution in [-0.4, -0.2) is 38.2 Å². The van der Waals surface area contributed by atoms with Gasteiger partial charge in [0.15, 0.2) is 14.0 Å². The van der Waals surface area contributed by atoms with Crippen LogP contribution in [-0.2, 0) is 20.4 Å². The van der Waals surface area contributed by atoms with Crippen molar-refractivity contribution in [1.29, 1.82) is 0 Å². The van der Waals surface area contributed by atoms with Gasteiger partial charge in [-0.25, -0.2) is 14.1 Å². The zero-order valence-electron chi connectivity index (χ0n) is 21.5. The molecular formula is C26H40FNO4Si. The Balaban J connectivity index is 1.84. The summed E-state index contributed by atoms with van der Waals surface area (Å²) in [6, 6.07) is 5.75. The standard InChI is InChI=1S/C26H40FNO4Si/c1-24(2,3)32-23(30)28-21-17-18(11-10-16-31-33(7,8)25(4,5)6)13-14-19(21)20-12-9-15-26(20,27)22(28)29/h13-14,17,20H,9-12,15-16H2,1-8H3. The van der Waals surface area contributed by atoms with Crippen molar-refractivity contribution >= 4 is 26.0 Å². The molecule has 1 aliphatic carbocycles. The highest BCUT2D eigenvalue weighted by Crippen LogP contribution is 2.53. The first kappa shape index (κ1) is 25.9. The SMILES string of the molecule is CC(C)(C)OC(=O)N1C(=O)C2(F)CCCC2c2ccc(CCCO[Si](C)(C)C(C)(C)C)cc21. The zero-order valence-corrected chi connectivity index (χ0v) is 22.5. The van der Waals surface area contributed by atoms with Crippen LogP contribution < -0.4 is 4.90 Å². The third kappa shape index (κ3) is 5.19. The Kier molecular flexibility index (Phi) is 6.90. The van der Waals surface area contributed by atoms with Crippen molar-refractivity contribution in [2.75, 3.05) is 11.5 Å². The molecule has 0 saturated heterocycles. The van der Waals surface area contributed by atoms with Gasteiger partial charge < -0.3 is 9.16 Å². The number of anilines is 1. The number of benzene rings is 1. The molecule has 7 heteroatoms. The maximum atomic E-state index is 15.8. The Morgan fingerprint density at radius 2 is 1.88 bits per heavy atom. The molecule has 1 aromatic carbocycles. The first-order valence-electron chi connectivity index (χ1n) is 12.1. The van der Waals surface area contributed by atoms with Crippen LogP contribution in [0, 0.1) is 0 Å². The molecule has 3 rings (SSSR count). The number of aryl methyl sites for hydroxylation is 1. The molecule has 0 bridgehead atoms. The molecule has 1 aliphatic heterocycles. The minimum absolute atomic E-state index is 0.141. The lowest BCUT2D eigenvalue weighted by Crippen LogP contribution is -2.55. The van der Waals surface area contributed by atoms with Crippen LogP contribution >= 0.6 is 0 Å². The fraction of sp³-hybridized carbons (Fsp3) is 0.692. The van der Waals surface area contributed by atoms with Gasteiger partial charge >= 0.3 is 6.09 Å². The van der Waals surface area contributed by atoms with Crippen LogP contribution in [0.1, 0.15) is 84.3 Å². The van der Waals surface area contributed by atoms with Crippen LogP contribution in [0.4, 0.5) is 14.9 Å². The predicted octanol–water partition coefficient (Wildman–Crippen LogP) is 6.90. The number of rotatable bonds is 5. The molecular weight excluding hydrogens is 437 g/mol. The number of ether oxygens (including phenoxy) is 1. The summed E-state index contributed by atoms with van der Waals surface area (Å²) in [5.74, 6) is -1.29. The van der Waals surface area contributed by atoms with Crippen molar-refractivity contribution < 1.29 is 23.1 Å². The fourth-order valence-corrected chi connectivity index (χ4v) is 5.55. The van der Waals surface area contributed by atoms with Gasteiger partial charge in [-0.2, -0.15) is 0 Å². The molecule has 0 aromatic heterocycles. The number of carbonyl (C=O) groups is 2. The second-order valence-electron chi connectivity index (χ2n) is 12.0. The molecule has 33 heavy (non-hydrogen) atoms. The topological polar surface area (TPSA) is 55.8 Å².